The third-order valence-electron chi connectivity index (χ3n) is 2.82. The van der Waals surface area contributed by atoms with Crippen molar-refractivity contribution in [3.63, 3.8) is 0 Å². The van der Waals surface area contributed by atoms with Crippen LogP contribution < -0.4 is 5.73 Å². The maximum atomic E-state index is 11.8. The molecule has 2 heterocycles. The van der Waals surface area contributed by atoms with E-state index in [2.05, 4.69) is 28.9 Å². The van der Waals surface area contributed by atoms with Crippen molar-refractivity contribution in [1.82, 2.24) is 4.90 Å². The average Bonchev–Trinajstić information content (AvgIpc) is 2.73. The van der Waals surface area contributed by atoms with Gasteiger partial charge in [0.15, 0.2) is 0 Å². The van der Waals surface area contributed by atoms with Gasteiger partial charge in [-0.05, 0) is 28.4 Å². The summed E-state index contributed by atoms with van der Waals surface area (Å²) in [6, 6.07) is 2.07. The lowest BCUT2D eigenvalue weighted by atomic mass is 10.1. The Labute approximate surface area is 108 Å². The monoisotopic (exact) mass is 302 g/mol. The number of halogens is 1. The normalized spacial score (nSPS) is 25.4. The van der Waals surface area contributed by atoms with Crippen LogP contribution in [0.3, 0.4) is 0 Å². The number of nitrogens with zero attached hydrogens (tertiary/aromatic N) is 1. The second kappa shape index (κ2) is 4.85. The molecular formula is C11H15BrN2OS. The molecule has 0 radical (unpaired) electrons. The van der Waals surface area contributed by atoms with Gasteiger partial charge in [0.05, 0.1) is 6.04 Å². The fourth-order valence-electron chi connectivity index (χ4n) is 2.17. The van der Waals surface area contributed by atoms with E-state index in [4.69, 9.17) is 5.73 Å². The molecule has 1 aliphatic rings. The summed E-state index contributed by atoms with van der Waals surface area (Å²) in [4.78, 5) is 14.9. The first-order valence-corrected chi connectivity index (χ1v) is 7.09. The summed E-state index contributed by atoms with van der Waals surface area (Å²) in [5.74, 6) is 0.184. The van der Waals surface area contributed by atoms with Gasteiger partial charge in [0.2, 0.25) is 5.91 Å². The third kappa shape index (κ3) is 2.17. The molecule has 1 aromatic rings. The highest BCUT2D eigenvalue weighted by Gasteiger charge is 2.38. The van der Waals surface area contributed by atoms with E-state index in [1.165, 1.54) is 4.88 Å². The molecule has 5 heteroatoms. The second-order valence-corrected chi connectivity index (χ2v) is 5.93. The van der Waals surface area contributed by atoms with Crippen molar-refractivity contribution in [2.24, 2.45) is 5.73 Å². The standard InChI is InChI=1S/C11H15BrN2OS/c1-2-3-14-10(15)5-8(13)11(14)9-4-7(12)6-16-9/h4,6,8,11H,2-3,5,13H2,1H3. The van der Waals surface area contributed by atoms with Crippen molar-refractivity contribution in [2.75, 3.05) is 6.54 Å². The van der Waals surface area contributed by atoms with Gasteiger partial charge in [0.25, 0.3) is 0 Å². The minimum atomic E-state index is -0.0652. The molecule has 0 aromatic carbocycles. The zero-order chi connectivity index (χ0) is 11.7. The van der Waals surface area contributed by atoms with Gasteiger partial charge in [0.1, 0.15) is 0 Å². The molecule has 1 saturated heterocycles. The Morgan fingerprint density at radius 2 is 2.44 bits per heavy atom. The summed E-state index contributed by atoms with van der Waals surface area (Å²) < 4.78 is 1.07. The molecule has 1 amide bonds. The SMILES string of the molecule is CCCN1C(=O)CC(N)C1c1cc(Br)cs1. The van der Waals surface area contributed by atoms with Gasteiger partial charge >= 0.3 is 0 Å². The van der Waals surface area contributed by atoms with Crippen LogP contribution in [0, 0.1) is 0 Å². The number of likely N-dealkylation sites (tertiary alicyclic amines) is 1. The van der Waals surface area contributed by atoms with Crippen LogP contribution in [0.5, 0.6) is 0 Å². The van der Waals surface area contributed by atoms with Crippen LogP contribution in [0.1, 0.15) is 30.7 Å². The topological polar surface area (TPSA) is 46.3 Å². The van der Waals surface area contributed by atoms with Gasteiger partial charge in [-0.3, -0.25) is 4.79 Å². The highest BCUT2D eigenvalue weighted by Crippen LogP contribution is 2.36. The summed E-state index contributed by atoms with van der Waals surface area (Å²) in [6.07, 6.45) is 1.45. The van der Waals surface area contributed by atoms with E-state index in [0.29, 0.717) is 6.42 Å². The molecule has 16 heavy (non-hydrogen) atoms. The predicted molar refractivity (Wildman–Crippen MR) is 69.4 cm³/mol. The number of carbonyl (C=O) groups excluding carboxylic acids is 1. The number of hydrogen-bond donors (Lipinski definition) is 1. The Balaban J connectivity index is 2.26. The fourth-order valence-corrected chi connectivity index (χ4v) is 3.80. The Morgan fingerprint density at radius 3 is 3.00 bits per heavy atom. The molecule has 1 aromatic heterocycles. The molecule has 1 aliphatic heterocycles. The van der Waals surface area contributed by atoms with Crippen LogP contribution in [0.4, 0.5) is 0 Å². The molecule has 1 fully saturated rings. The quantitative estimate of drug-likeness (QED) is 0.932. The van der Waals surface area contributed by atoms with Crippen LogP contribution in [0.15, 0.2) is 15.9 Å². The van der Waals surface area contributed by atoms with E-state index in [1.54, 1.807) is 11.3 Å². The van der Waals surface area contributed by atoms with Gasteiger partial charge in [-0.15, -0.1) is 11.3 Å². The fraction of sp³-hybridized carbons (Fsp3) is 0.545. The smallest absolute Gasteiger partial charge is 0.224 e. The van der Waals surface area contributed by atoms with Gasteiger partial charge in [-0.2, -0.15) is 0 Å². The van der Waals surface area contributed by atoms with Crippen LogP contribution in [0.25, 0.3) is 0 Å². The van der Waals surface area contributed by atoms with E-state index < -0.39 is 0 Å². The Bertz CT molecular complexity index is 393. The molecule has 0 saturated carbocycles. The molecule has 2 rings (SSSR count). The zero-order valence-electron chi connectivity index (χ0n) is 9.15. The molecular weight excluding hydrogens is 288 g/mol. The van der Waals surface area contributed by atoms with Crippen molar-refractivity contribution in [3.8, 4) is 0 Å². The van der Waals surface area contributed by atoms with E-state index in [-0.39, 0.29) is 18.0 Å². The molecule has 2 N–H and O–H groups in total. The highest BCUT2D eigenvalue weighted by molar-refractivity contribution is 9.10. The summed E-state index contributed by atoms with van der Waals surface area (Å²) >= 11 is 5.10. The molecule has 88 valence electrons. The molecule has 0 spiro atoms. The van der Waals surface area contributed by atoms with Gasteiger partial charge in [-0.1, -0.05) is 6.92 Å². The minimum Gasteiger partial charge on any atom is -0.333 e. The molecule has 0 aliphatic carbocycles. The number of hydrogen-bond acceptors (Lipinski definition) is 3. The maximum absolute atomic E-state index is 11.8. The zero-order valence-corrected chi connectivity index (χ0v) is 11.6. The van der Waals surface area contributed by atoms with Crippen LogP contribution in [-0.4, -0.2) is 23.4 Å². The molecule has 2 unspecified atom stereocenters. The van der Waals surface area contributed by atoms with Crippen molar-refractivity contribution >= 4 is 33.2 Å². The van der Waals surface area contributed by atoms with Crippen LogP contribution in [-0.2, 0) is 4.79 Å². The number of carbonyl (C=O) groups is 1. The van der Waals surface area contributed by atoms with Gasteiger partial charge in [0, 0.05) is 33.7 Å². The van der Waals surface area contributed by atoms with Crippen molar-refractivity contribution in [2.45, 2.75) is 31.8 Å². The maximum Gasteiger partial charge on any atom is 0.224 e. The van der Waals surface area contributed by atoms with E-state index in [0.717, 1.165) is 17.4 Å². The van der Waals surface area contributed by atoms with Crippen LogP contribution in [0.2, 0.25) is 0 Å². The Hall–Kier alpha value is -0.390. The number of amides is 1. The van der Waals surface area contributed by atoms with E-state index >= 15 is 0 Å². The number of thiophene rings is 1. The van der Waals surface area contributed by atoms with E-state index in [1.807, 2.05) is 10.3 Å². The third-order valence-corrected chi connectivity index (χ3v) is 4.58. The summed E-state index contributed by atoms with van der Waals surface area (Å²) in [5.41, 5.74) is 6.06. The van der Waals surface area contributed by atoms with Crippen LogP contribution >= 0.6 is 27.3 Å². The molecule has 0 bridgehead atoms. The predicted octanol–water partition coefficient (Wildman–Crippen LogP) is 2.52. The second-order valence-electron chi connectivity index (χ2n) is 4.07. The lowest BCUT2D eigenvalue weighted by Crippen LogP contribution is -2.33. The first-order chi connectivity index (χ1) is 7.63. The lowest BCUT2D eigenvalue weighted by Gasteiger charge is -2.25. The largest absolute Gasteiger partial charge is 0.333 e. The average molecular weight is 303 g/mol. The summed E-state index contributed by atoms with van der Waals surface area (Å²) in [6.45, 7) is 2.88. The summed E-state index contributed by atoms with van der Waals surface area (Å²) in [5, 5.41) is 2.04. The Morgan fingerprint density at radius 1 is 1.69 bits per heavy atom. The van der Waals surface area contributed by atoms with Crippen molar-refractivity contribution in [1.29, 1.82) is 0 Å². The highest BCUT2D eigenvalue weighted by atomic mass is 79.9. The summed E-state index contributed by atoms with van der Waals surface area (Å²) in [7, 11) is 0. The van der Waals surface area contributed by atoms with Gasteiger partial charge < -0.3 is 10.6 Å². The Kier molecular flexibility index (Phi) is 3.66. The van der Waals surface area contributed by atoms with Crippen molar-refractivity contribution < 1.29 is 4.79 Å². The number of rotatable bonds is 3. The number of nitrogens with two attached hydrogens (primary N) is 1. The van der Waals surface area contributed by atoms with Crippen molar-refractivity contribution in [3.05, 3.63) is 20.8 Å². The lowest BCUT2D eigenvalue weighted by molar-refractivity contribution is -0.129. The molecule has 3 nitrogen and oxygen atoms in total. The van der Waals surface area contributed by atoms with E-state index in [9.17, 15) is 4.79 Å². The first-order valence-electron chi connectivity index (χ1n) is 5.42. The van der Waals surface area contributed by atoms with Gasteiger partial charge in [-0.25, -0.2) is 0 Å². The minimum absolute atomic E-state index is 0.0652. The molecule has 2 atom stereocenters. The first kappa shape index (κ1) is 12.1.